The van der Waals surface area contributed by atoms with Gasteiger partial charge in [0, 0.05) is 24.7 Å². The molecule has 0 atom stereocenters. The molecule has 1 aliphatic carbocycles. The lowest BCUT2D eigenvalue weighted by atomic mass is 9.98. The van der Waals surface area contributed by atoms with Crippen LogP contribution in [0.5, 0.6) is 0 Å². The Morgan fingerprint density at radius 2 is 2.04 bits per heavy atom. The van der Waals surface area contributed by atoms with E-state index in [-0.39, 0.29) is 36.3 Å². The Morgan fingerprint density at radius 1 is 1.32 bits per heavy atom. The zero-order valence-electron chi connectivity index (χ0n) is 14.4. The number of rotatable bonds is 6. The maximum Gasteiger partial charge on any atom is 0.230 e. The van der Waals surface area contributed by atoms with Crippen molar-refractivity contribution in [2.24, 2.45) is 5.73 Å². The molecule has 1 saturated carbocycles. The normalized spacial score (nSPS) is 15.4. The molecule has 5 nitrogen and oxygen atoms in total. The van der Waals surface area contributed by atoms with Crippen LogP contribution in [0.2, 0.25) is 0 Å². The lowest BCUT2D eigenvalue weighted by molar-refractivity contribution is -0.120. The van der Waals surface area contributed by atoms with Gasteiger partial charge in [0.1, 0.15) is 5.65 Å². The van der Waals surface area contributed by atoms with E-state index in [2.05, 4.69) is 29.5 Å². The van der Waals surface area contributed by atoms with E-state index >= 15 is 0 Å². The molecule has 0 aliphatic heterocycles. The number of imidazole rings is 1. The zero-order chi connectivity index (χ0) is 16.3. The largest absolute Gasteiger partial charge is 0.349 e. The molecule has 1 aliphatic rings. The fourth-order valence-corrected chi connectivity index (χ4v) is 3.95. The van der Waals surface area contributed by atoms with E-state index in [1.165, 1.54) is 5.56 Å². The summed E-state index contributed by atoms with van der Waals surface area (Å²) >= 11 is 1.60. The summed E-state index contributed by atoms with van der Waals surface area (Å²) in [5, 5.41) is 3.15. The van der Waals surface area contributed by atoms with Crippen LogP contribution in [0.4, 0.5) is 0 Å². The molecule has 2 aromatic heterocycles. The number of pyridine rings is 1. The summed E-state index contributed by atoms with van der Waals surface area (Å²) in [7, 11) is 0. The third kappa shape index (κ3) is 5.51. The van der Waals surface area contributed by atoms with Crippen molar-refractivity contribution in [1.29, 1.82) is 0 Å². The number of nitrogens with one attached hydrogen (secondary N) is 1. The Morgan fingerprint density at radius 3 is 2.72 bits per heavy atom. The van der Waals surface area contributed by atoms with Crippen molar-refractivity contribution in [1.82, 2.24) is 14.7 Å². The van der Waals surface area contributed by atoms with Crippen molar-refractivity contribution in [2.75, 3.05) is 12.3 Å². The highest BCUT2D eigenvalue weighted by molar-refractivity contribution is 7.99. The third-order valence-electron chi connectivity index (χ3n) is 4.49. The number of carbonyl (C=O) groups excluding carboxylic acids is 1. The number of carbonyl (C=O) groups is 1. The average molecular weight is 405 g/mol. The molecule has 1 amide bonds. The van der Waals surface area contributed by atoms with Crippen molar-refractivity contribution < 1.29 is 4.79 Å². The van der Waals surface area contributed by atoms with Crippen LogP contribution < -0.4 is 11.1 Å². The number of amides is 1. The molecular formula is C17H26Cl2N4OS. The van der Waals surface area contributed by atoms with Gasteiger partial charge in [0.05, 0.1) is 17.0 Å². The Balaban J connectivity index is 0.00000156. The highest BCUT2D eigenvalue weighted by atomic mass is 35.5. The summed E-state index contributed by atoms with van der Waals surface area (Å²) in [6.45, 7) is 2.60. The standard InChI is InChI=1S/C17H24N4OS.2ClH/c1-13-4-5-15-19-14(9-21(15)8-13)10-23-11-16(22)20-17(12-18)6-2-3-7-17;;/h4-5,8-9H,2-3,6-7,10-12,18H2,1H3,(H,20,22);2*1H. The number of halogens is 2. The van der Waals surface area contributed by atoms with Gasteiger partial charge < -0.3 is 15.5 Å². The molecule has 0 bridgehead atoms. The molecular weight excluding hydrogens is 379 g/mol. The molecule has 0 radical (unpaired) electrons. The van der Waals surface area contributed by atoms with Gasteiger partial charge in [-0.25, -0.2) is 4.98 Å². The lowest BCUT2D eigenvalue weighted by Crippen LogP contribution is -2.52. The molecule has 0 spiro atoms. The molecule has 0 unspecified atom stereocenters. The van der Waals surface area contributed by atoms with Gasteiger partial charge in [0.25, 0.3) is 0 Å². The number of aryl methyl sites for hydroxylation is 1. The molecule has 3 rings (SSSR count). The Bertz CT molecular complexity index is 701. The van der Waals surface area contributed by atoms with Gasteiger partial charge in [0.2, 0.25) is 5.91 Å². The number of hydrogen-bond donors (Lipinski definition) is 2. The molecule has 2 aromatic rings. The van der Waals surface area contributed by atoms with Crippen LogP contribution in [-0.4, -0.2) is 33.1 Å². The van der Waals surface area contributed by atoms with E-state index in [0.29, 0.717) is 12.3 Å². The third-order valence-corrected chi connectivity index (χ3v) is 5.45. The second kappa shape index (κ2) is 9.67. The predicted molar refractivity (Wildman–Crippen MR) is 109 cm³/mol. The molecule has 1 fully saturated rings. The van der Waals surface area contributed by atoms with Crippen LogP contribution in [0.3, 0.4) is 0 Å². The summed E-state index contributed by atoms with van der Waals surface area (Å²) in [5.41, 5.74) is 8.86. The maximum atomic E-state index is 12.2. The summed E-state index contributed by atoms with van der Waals surface area (Å²) in [5.74, 6) is 1.28. The minimum atomic E-state index is -0.155. The second-order valence-corrected chi connectivity index (χ2v) is 7.42. The second-order valence-electron chi connectivity index (χ2n) is 6.44. The average Bonchev–Trinajstić information content (AvgIpc) is 3.14. The molecule has 0 saturated heterocycles. The van der Waals surface area contributed by atoms with Gasteiger partial charge in [-0.15, -0.1) is 36.6 Å². The van der Waals surface area contributed by atoms with Crippen LogP contribution in [0.15, 0.2) is 24.5 Å². The first-order valence-electron chi connectivity index (χ1n) is 8.13. The first-order chi connectivity index (χ1) is 11.1. The number of aromatic nitrogens is 2. The first kappa shape index (κ1) is 22.1. The summed E-state index contributed by atoms with van der Waals surface area (Å²) in [6, 6.07) is 4.07. The monoisotopic (exact) mass is 404 g/mol. The van der Waals surface area contributed by atoms with Crippen LogP contribution in [0.25, 0.3) is 5.65 Å². The Kier molecular flexibility index (Phi) is 8.54. The first-order valence-corrected chi connectivity index (χ1v) is 9.29. The van der Waals surface area contributed by atoms with Gasteiger partial charge in [-0.2, -0.15) is 0 Å². The van der Waals surface area contributed by atoms with E-state index in [4.69, 9.17) is 5.73 Å². The minimum absolute atomic E-state index is 0. The van der Waals surface area contributed by atoms with Crippen LogP contribution in [0, 0.1) is 6.92 Å². The van der Waals surface area contributed by atoms with Crippen molar-refractivity contribution >= 4 is 48.1 Å². The van der Waals surface area contributed by atoms with Gasteiger partial charge in [-0.05, 0) is 31.4 Å². The molecule has 0 aromatic carbocycles. The van der Waals surface area contributed by atoms with Gasteiger partial charge in [0.15, 0.2) is 0 Å². The summed E-state index contributed by atoms with van der Waals surface area (Å²) in [6.07, 6.45) is 8.42. The lowest BCUT2D eigenvalue weighted by Gasteiger charge is -2.28. The Labute approximate surface area is 165 Å². The number of fused-ring (bicyclic) bond motifs is 1. The molecule has 2 heterocycles. The molecule has 8 heteroatoms. The quantitative estimate of drug-likeness (QED) is 0.775. The number of hydrogen-bond acceptors (Lipinski definition) is 4. The van der Waals surface area contributed by atoms with Crippen LogP contribution in [0.1, 0.15) is 36.9 Å². The van der Waals surface area contributed by atoms with Crippen molar-refractivity contribution in [3.05, 3.63) is 35.8 Å². The summed E-state index contributed by atoms with van der Waals surface area (Å²) in [4.78, 5) is 16.7. The van der Waals surface area contributed by atoms with Gasteiger partial charge in [-0.3, -0.25) is 4.79 Å². The topological polar surface area (TPSA) is 72.4 Å². The maximum absolute atomic E-state index is 12.2. The molecule has 140 valence electrons. The van der Waals surface area contributed by atoms with E-state index in [1.807, 2.05) is 16.7 Å². The van der Waals surface area contributed by atoms with E-state index < -0.39 is 0 Å². The fourth-order valence-electron chi connectivity index (χ4n) is 3.24. The smallest absolute Gasteiger partial charge is 0.230 e. The predicted octanol–water partition coefficient (Wildman–Crippen LogP) is 3.11. The highest BCUT2D eigenvalue weighted by Gasteiger charge is 2.33. The van der Waals surface area contributed by atoms with E-state index in [1.54, 1.807) is 11.8 Å². The van der Waals surface area contributed by atoms with Crippen molar-refractivity contribution in [3.63, 3.8) is 0 Å². The fraction of sp³-hybridized carbons (Fsp3) is 0.529. The van der Waals surface area contributed by atoms with Crippen molar-refractivity contribution in [2.45, 2.75) is 43.9 Å². The Hall–Kier alpha value is -0.950. The van der Waals surface area contributed by atoms with Gasteiger partial charge >= 0.3 is 0 Å². The van der Waals surface area contributed by atoms with Crippen LogP contribution in [-0.2, 0) is 10.5 Å². The highest BCUT2D eigenvalue weighted by Crippen LogP contribution is 2.28. The number of nitrogens with zero attached hydrogens (tertiary/aromatic N) is 2. The van der Waals surface area contributed by atoms with E-state index in [0.717, 1.165) is 42.8 Å². The molecule has 3 N–H and O–H groups in total. The minimum Gasteiger partial charge on any atom is -0.349 e. The van der Waals surface area contributed by atoms with Crippen LogP contribution >= 0.6 is 36.6 Å². The SMILES string of the molecule is Cc1ccc2nc(CSCC(=O)NC3(CN)CCCC3)cn2c1.Cl.Cl. The molecule has 25 heavy (non-hydrogen) atoms. The number of thioether (sulfide) groups is 1. The van der Waals surface area contributed by atoms with E-state index in [9.17, 15) is 4.79 Å². The summed E-state index contributed by atoms with van der Waals surface area (Å²) < 4.78 is 2.03. The zero-order valence-corrected chi connectivity index (χ0v) is 16.8. The number of nitrogens with two attached hydrogens (primary N) is 1. The van der Waals surface area contributed by atoms with Crippen molar-refractivity contribution in [3.8, 4) is 0 Å². The van der Waals surface area contributed by atoms with Gasteiger partial charge in [-0.1, -0.05) is 18.9 Å².